The fourth-order valence-corrected chi connectivity index (χ4v) is 5.40. The van der Waals surface area contributed by atoms with Gasteiger partial charge in [-0.05, 0) is 59.9 Å². The minimum Gasteiger partial charge on any atom is -0.480 e. The molecule has 0 radical (unpaired) electrons. The molecule has 2 amide bonds. The lowest BCUT2D eigenvalue weighted by Crippen LogP contribution is -2.55. The molecule has 8 heteroatoms. The average Bonchev–Trinajstić information content (AvgIpc) is 3.18. The van der Waals surface area contributed by atoms with Crippen LogP contribution >= 0.6 is 11.8 Å². The minimum atomic E-state index is -1.00. The zero-order valence-electron chi connectivity index (χ0n) is 19.2. The van der Waals surface area contributed by atoms with Crippen LogP contribution in [0.15, 0.2) is 48.5 Å². The minimum absolute atomic E-state index is 0.0722. The summed E-state index contributed by atoms with van der Waals surface area (Å²) in [6, 6.07) is 14.5. The van der Waals surface area contributed by atoms with Crippen molar-refractivity contribution in [3.63, 3.8) is 0 Å². The molecule has 1 heterocycles. The molecule has 2 N–H and O–H groups in total. The van der Waals surface area contributed by atoms with Gasteiger partial charge in [-0.25, -0.2) is 9.59 Å². The van der Waals surface area contributed by atoms with E-state index < -0.39 is 24.1 Å². The number of rotatable bonds is 8. The number of carboxylic acids is 1. The maximum atomic E-state index is 13.2. The van der Waals surface area contributed by atoms with Gasteiger partial charge in [-0.2, -0.15) is 11.8 Å². The largest absolute Gasteiger partial charge is 0.480 e. The van der Waals surface area contributed by atoms with Crippen molar-refractivity contribution in [3.8, 4) is 11.1 Å². The van der Waals surface area contributed by atoms with Gasteiger partial charge in [0.2, 0.25) is 5.91 Å². The third-order valence-electron chi connectivity index (χ3n) is 6.62. The van der Waals surface area contributed by atoms with Crippen LogP contribution in [0.2, 0.25) is 0 Å². The van der Waals surface area contributed by atoms with Gasteiger partial charge >= 0.3 is 12.1 Å². The van der Waals surface area contributed by atoms with E-state index >= 15 is 0 Å². The van der Waals surface area contributed by atoms with Crippen LogP contribution in [0.3, 0.4) is 0 Å². The first kappa shape index (κ1) is 24.1. The summed E-state index contributed by atoms with van der Waals surface area (Å²) in [5.74, 6) is -0.768. The molecule has 2 atom stereocenters. The summed E-state index contributed by atoms with van der Waals surface area (Å²) in [5, 5.41) is 12.3. The number of thioether (sulfide) groups is 1. The molecule has 2 aromatic carbocycles. The van der Waals surface area contributed by atoms with Crippen molar-refractivity contribution in [1.82, 2.24) is 10.2 Å². The molecular formula is C26H30N2O5S. The molecule has 0 spiro atoms. The number of carboxylic acid groups (broad SMARTS) is 1. The number of alkyl carbamates (subject to hydrolysis) is 1. The molecule has 7 nitrogen and oxygen atoms in total. The van der Waals surface area contributed by atoms with Crippen molar-refractivity contribution < 1.29 is 24.2 Å². The number of aliphatic carboxylic acids is 1. The first-order chi connectivity index (χ1) is 16.5. The molecule has 1 fully saturated rings. The van der Waals surface area contributed by atoms with Crippen molar-refractivity contribution in [2.45, 2.75) is 43.7 Å². The summed E-state index contributed by atoms with van der Waals surface area (Å²) >= 11 is 1.57. The molecule has 0 aromatic heterocycles. The van der Waals surface area contributed by atoms with Gasteiger partial charge in [0.15, 0.2) is 0 Å². The predicted molar refractivity (Wildman–Crippen MR) is 132 cm³/mol. The molecule has 1 aliphatic heterocycles. The first-order valence-electron chi connectivity index (χ1n) is 11.6. The number of nitrogens with zero attached hydrogens (tertiary/aromatic N) is 1. The number of hydrogen-bond donors (Lipinski definition) is 2. The van der Waals surface area contributed by atoms with Gasteiger partial charge < -0.3 is 20.1 Å². The fraction of sp³-hybridized carbons (Fsp3) is 0.423. The van der Waals surface area contributed by atoms with Gasteiger partial charge in [0.25, 0.3) is 0 Å². The number of benzene rings is 2. The number of likely N-dealkylation sites (tertiary alicyclic amines) is 1. The number of carbonyl (C=O) groups is 3. The predicted octanol–water partition coefficient (Wildman–Crippen LogP) is 4.11. The monoisotopic (exact) mass is 482 g/mol. The lowest BCUT2D eigenvalue weighted by molar-refractivity contribution is -0.152. The summed E-state index contributed by atoms with van der Waals surface area (Å²) in [5.41, 5.74) is 4.52. The fourth-order valence-electron chi connectivity index (χ4n) is 4.93. The normalized spacial score (nSPS) is 18.0. The molecule has 0 unspecified atom stereocenters. The summed E-state index contributed by atoms with van der Waals surface area (Å²) in [4.78, 5) is 39.1. The molecule has 1 aliphatic carbocycles. The highest BCUT2D eigenvalue weighted by Gasteiger charge is 2.36. The van der Waals surface area contributed by atoms with Crippen LogP contribution in [0.25, 0.3) is 11.1 Å². The smallest absolute Gasteiger partial charge is 0.407 e. The number of fused-ring (bicyclic) bond motifs is 3. The molecule has 2 aromatic rings. The number of amides is 2. The second kappa shape index (κ2) is 11.0. The Labute approximate surface area is 203 Å². The molecule has 34 heavy (non-hydrogen) atoms. The number of ether oxygens (including phenoxy) is 1. The van der Waals surface area contributed by atoms with Crippen molar-refractivity contribution in [2.75, 3.05) is 25.2 Å². The van der Waals surface area contributed by atoms with Crippen LogP contribution in [-0.2, 0) is 14.3 Å². The van der Waals surface area contributed by atoms with E-state index in [0.717, 1.165) is 35.1 Å². The Hall–Kier alpha value is -3.00. The Kier molecular flexibility index (Phi) is 7.77. The Bertz CT molecular complexity index is 1010. The van der Waals surface area contributed by atoms with Crippen LogP contribution in [0.1, 0.15) is 42.7 Å². The Morgan fingerprint density at radius 3 is 2.35 bits per heavy atom. The Morgan fingerprint density at radius 1 is 1.09 bits per heavy atom. The van der Waals surface area contributed by atoms with Gasteiger partial charge in [-0.3, -0.25) is 4.79 Å². The zero-order valence-corrected chi connectivity index (χ0v) is 20.1. The van der Waals surface area contributed by atoms with Crippen LogP contribution < -0.4 is 5.32 Å². The van der Waals surface area contributed by atoms with E-state index in [4.69, 9.17) is 4.74 Å². The molecular weight excluding hydrogens is 452 g/mol. The van der Waals surface area contributed by atoms with Crippen LogP contribution in [0.4, 0.5) is 4.79 Å². The third-order valence-corrected chi connectivity index (χ3v) is 7.26. The summed E-state index contributed by atoms with van der Waals surface area (Å²) in [6.07, 6.45) is 3.64. The third kappa shape index (κ3) is 5.06. The number of carbonyl (C=O) groups excluding carboxylic acids is 2. The van der Waals surface area contributed by atoms with E-state index in [1.807, 2.05) is 30.5 Å². The van der Waals surface area contributed by atoms with Crippen molar-refractivity contribution in [3.05, 3.63) is 59.7 Å². The number of nitrogens with one attached hydrogen (secondary N) is 1. The van der Waals surface area contributed by atoms with Crippen LogP contribution in [0, 0.1) is 0 Å². The van der Waals surface area contributed by atoms with Gasteiger partial charge in [0, 0.05) is 12.5 Å². The van der Waals surface area contributed by atoms with Crippen LogP contribution in [0.5, 0.6) is 0 Å². The van der Waals surface area contributed by atoms with Gasteiger partial charge in [0.05, 0.1) is 0 Å². The van der Waals surface area contributed by atoms with Gasteiger partial charge in [-0.15, -0.1) is 0 Å². The van der Waals surface area contributed by atoms with E-state index in [0.29, 0.717) is 25.1 Å². The zero-order chi connectivity index (χ0) is 24.1. The second-order valence-electron chi connectivity index (χ2n) is 8.69. The van der Waals surface area contributed by atoms with E-state index in [2.05, 4.69) is 29.6 Å². The molecule has 0 bridgehead atoms. The van der Waals surface area contributed by atoms with Crippen molar-refractivity contribution >= 4 is 29.7 Å². The van der Waals surface area contributed by atoms with Gasteiger partial charge in [-0.1, -0.05) is 48.5 Å². The lowest BCUT2D eigenvalue weighted by Gasteiger charge is -2.35. The quantitative estimate of drug-likeness (QED) is 0.588. The first-order valence-corrected chi connectivity index (χ1v) is 13.0. The summed E-state index contributed by atoms with van der Waals surface area (Å²) in [6.45, 7) is 0.544. The molecule has 2 aliphatic rings. The van der Waals surface area contributed by atoms with E-state index in [9.17, 15) is 19.5 Å². The van der Waals surface area contributed by atoms with Crippen molar-refractivity contribution in [1.29, 1.82) is 0 Å². The standard InChI is InChI=1S/C26H30N2O5S/c1-34-15-13-22(24(29)28-14-7-6-12-23(28)25(30)31)27-26(32)33-16-21-19-10-4-2-8-17(19)18-9-3-5-11-20(18)21/h2-5,8-11,21-23H,6-7,12-16H2,1H3,(H,27,32)(H,30,31)/t22-,23-/m1/s1. The molecule has 1 saturated heterocycles. The Morgan fingerprint density at radius 2 is 1.74 bits per heavy atom. The van der Waals surface area contributed by atoms with E-state index in [-0.39, 0.29) is 18.4 Å². The maximum absolute atomic E-state index is 13.2. The number of piperidine rings is 1. The van der Waals surface area contributed by atoms with E-state index in [1.54, 1.807) is 11.8 Å². The van der Waals surface area contributed by atoms with E-state index in [1.165, 1.54) is 4.90 Å². The number of hydrogen-bond acceptors (Lipinski definition) is 5. The lowest BCUT2D eigenvalue weighted by atomic mass is 9.98. The SMILES string of the molecule is CSCC[C@@H](NC(=O)OCC1c2ccccc2-c2ccccc21)C(=O)N1CCCC[C@@H]1C(=O)O. The van der Waals surface area contributed by atoms with Crippen molar-refractivity contribution in [2.24, 2.45) is 0 Å². The highest BCUT2D eigenvalue weighted by molar-refractivity contribution is 7.98. The second-order valence-corrected chi connectivity index (χ2v) is 9.67. The Balaban J connectivity index is 1.44. The molecule has 0 saturated carbocycles. The topological polar surface area (TPSA) is 95.9 Å². The highest BCUT2D eigenvalue weighted by Crippen LogP contribution is 2.44. The van der Waals surface area contributed by atoms with Crippen LogP contribution in [-0.4, -0.2) is 65.2 Å². The van der Waals surface area contributed by atoms with Gasteiger partial charge in [0.1, 0.15) is 18.7 Å². The summed E-state index contributed by atoms with van der Waals surface area (Å²) in [7, 11) is 0. The average molecular weight is 483 g/mol. The highest BCUT2D eigenvalue weighted by atomic mass is 32.2. The maximum Gasteiger partial charge on any atom is 0.407 e. The summed E-state index contributed by atoms with van der Waals surface area (Å²) < 4.78 is 5.62. The molecule has 4 rings (SSSR count). The molecule has 180 valence electrons.